The molecule has 0 aromatic carbocycles. The molecular weight excluding hydrogens is 101 g/mol. The normalized spacial score (nSPS) is 17.1. The Morgan fingerprint density at radius 1 is 1.75 bits per heavy atom. The molecule has 4 N–H and O–H groups in total. The Morgan fingerprint density at radius 3 is 2.75 bits per heavy atom. The lowest BCUT2D eigenvalue weighted by Crippen LogP contribution is -2.20. The highest BCUT2D eigenvalue weighted by Crippen LogP contribution is 1.96. The Bertz CT molecular complexity index is 149. The molecule has 0 radical (unpaired) electrons. The van der Waals surface area contributed by atoms with E-state index in [1.54, 1.807) is 6.20 Å². The maximum Gasteiger partial charge on any atom is 0.235 e. The zero-order chi connectivity index (χ0) is 5.98. The Morgan fingerprint density at radius 2 is 2.50 bits per heavy atom. The van der Waals surface area contributed by atoms with E-state index < -0.39 is 0 Å². The van der Waals surface area contributed by atoms with Crippen molar-refractivity contribution < 1.29 is 0 Å². The molecule has 0 saturated heterocycles. The molecule has 1 heterocycles. The summed E-state index contributed by atoms with van der Waals surface area (Å²) in [6.45, 7) is 0.574. The van der Waals surface area contributed by atoms with Gasteiger partial charge in [-0.15, -0.1) is 0 Å². The number of hydrogen-bond donors (Lipinski definition) is 2. The van der Waals surface area contributed by atoms with Gasteiger partial charge in [0.05, 0.1) is 5.73 Å². The molecule has 42 valence electrons. The summed E-state index contributed by atoms with van der Waals surface area (Å²) < 4.78 is 0. The summed E-state index contributed by atoms with van der Waals surface area (Å²) in [6, 6.07) is 0. The summed E-state index contributed by atoms with van der Waals surface area (Å²) in [5.74, 6) is 0. The van der Waals surface area contributed by atoms with Gasteiger partial charge in [0.2, 0.25) is 7.28 Å². The van der Waals surface area contributed by atoms with Gasteiger partial charge in [0, 0.05) is 12.7 Å². The first-order valence-corrected chi connectivity index (χ1v) is 2.53. The SMILES string of the molecule is NCC1=CN=C(N)B1. The summed E-state index contributed by atoms with van der Waals surface area (Å²) in [4.78, 5) is 3.84. The van der Waals surface area contributed by atoms with Crippen LogP contribution < -0.4 is 11.5 Å². The third-order valence-corrected chi connectivity index (χ3v) is 1.08. The molecule has 0 atom stereocenters. The van der Waals surface area contributed by atoms with Crippen molar-refractivity contribution in [1.29, 1.82) is 0 Å². The first-order valence-electron chi connectivity index (χ1n) is 2.53. The first-order chi connectivity index (χ1) is 3.83. The molecule has 0 amide bonds. The smallest absolute Gasteiger partial charge is 0.235 e. The van der Waals surface area contributed by atoms with Crippen LogP contribution in [0.4, 0.5) is 0 Å². The van der Waals surface area contributed by atoms with Crippen LogP contribution in [0.1, 0.15) is 0 Å². The van der Waals surface area contributed by atoms with Crippen molar-refractivity contribution in [2.24, 2.45) is 16.5 Å². The molecule has 0 spiro atoms. The third kappa shape index (κ3) is 0.896. The fourth-order valence-corrected chi connectivity index (χ4v) is 0.623. The van der Waals surface area contributed by atoms with Crippen LogP contribution >= 0.6 is 0 Å². The number of amidine groups is 1. The second kappa shape index (κ2) is 2.00. The monoisotopic (exact) mass is 109 g/mol. The van der Waals surface area contributed by atoms with Crippen molar-refractivity contribution in [3.63, 3.8) is 0 Å². The first kappa shape index (κ1) is 5.37. The summed E-state index contributed by atoms with van der Waals surface area (Å²) >= 11 is 0. The van der Waals surface area contributed by atoms with Crippen LogP contribution in [-0.4, -0.2) is 19.6 Å². The molecule has 0 aromatic heterocycles. The van der Waals surface area contributed by atoms with Crippen LogP contribution in [0.2, 0.25) is 0 Å². The quantitative estimate of drug-likeness (QED) is 0.404. The molecule has 4 heteroatoms. The Kier molecular flexibility index (Phi) is 1.35. The molecule has 1 aliphatic heterocycles. The average Bonchev–Trinajstić information content (AvgIpc) is 2.14. The lowest BCUT2D eigenvalue weighted by molar-refractivity contribution is 1.22. The molecule has 8 heavy (non-hydrogen) atoms. The fourth-order valence-electron chi connectivity index (χ4n) is 0.623. The van der Waals surface area contributed by atoms with Gasteiger partial charge in [-0.1, -0.05) is 5.47 Å². The minimum Gasteiger partial charge on any atom is -0.395 e. The molecule has 0 saturated carbocycles. The second-order valence-corrected chi connectivity index (χ2v) is 1.79. The number of nitrogens with zero attached hydrogens (tertiary/aromatic N) is 1. The van der Waals surface area contributed by atoms with Crippen LogP contribution in [0, 0.1) is 0 Å². The van der Waals surface area contributed by atoms with Gasteiger partial charge >= 0.3 is 0 Å². The summed E-state index contributed by atoms with van der Waals surface area (Å²) in [5, 5.41) is 0. The van der Waals surface area contributed by atoms with Gasteiger partial charge in [-0.05, 0) is 0 Å². The Labute approximate surface area is 48.7 Å². The highest BCUT2D eigenvalue weighted by atomic mass is 14.8. The molecule has 0 aromatic rings. The Hall–Kier alpha value is -0.765. The van der Waals surface area contributed by atoms with E-state index in [-0.39, 0.29) is 0 Å². The van der Waals surface area contributed by atoms with E-state index in [2.05, 4.69) is 4.99 Å². The van der Waals surface area contributed by atoms with Gasteiger partial charge in [0.25, 0.3) is 0 Å². The molecule has 3 nitrogen and oxygen atoms in total. The van der Waals surface area contributed by atoms with Crippen LogP contribution in [-0.2, 0) is 0 Å². The van der Waals surface area contributed by atoms with E-state index in [0.29, 0.717) is 12.3 Å². The molecular formula is C4H8BN3. The van der Waals surface area contributed by atoms with E-state index in [1.165, 1.54) is 0 Å². The minimum atomic E-state index is 0.574. The molecule has 0 unspecified atom stereocenters. The number of hydrogen-bond acceptors (Lipinski definition) is 3. The maximum atomic E-state index is 5.34. The zero-order valence-corrected chi connectivity index (χ0v) is 4.59. The van der Waals surface area contributed by atoms with Gasteiger partial charge < -0.3 is 11.5 Å². The van der Waals surface area contributed by atoms with Crippen molar-refractivity contribution in [3.05, 3.63) is 11.7 Å². The summed E-state index contributed by atoms with van der Waals surface area (Å²) in [5.41, 5.74) is 12.4. The summed E-state index contributed by atoms with van der Waals surface area (Å²) in [6.07, 6.45) is 1.73. The standard InChI is InChI=1S/C4H8BN3/c6-1-3-2-8-4(7)5-3/h2,5H,1,6H2,(H2,7,8). The van der Waals surface area contributed by atoms with E-state index in [9.17, 15) is 0 Å². The van der Waals surface area contributed by atoms with Crippen LogP contribution in [0.15, 0.2) is 16.7 Å². The lowest BCUT2D eigenvalue weighted by Gasteiger charge is -1.88. The fraction of sp³-hybridized carbons (Fsp3) is 0.250. The maximum absolute atomic E-state index is 5.34. The van der Waals surface area contributed by atoms with Crippen LogP contribution in [0.5, 0.6) is 0 Å². The van der Waals surface area contributed by atoms with E-state index >= 15 is 0 Å². The number of nitrogens with two attached hydrogens (primary N) is 2. The number of rotatable bonds is 1. The molecule has 0 fully saturated rings. The molecule has 0 bridgehead atoms. The van der Waals surface area contributed by atoms with Crippen LogP contribution in [0.25, 0.3) is 0 Å². The van der Waals surface area contributed by atoms with Crippen molar-refractivity contribution in [1.82, 2.24) is 0 Å². The van der Waals surface area contributed by atoms with Crippen molar-refractivity contribution in [3.8, 4) is 0 Å². The van der Waals surface area contributed by atoms with Gasteiger partial charge in [-0.25, -0.2) is 0 Å². The lowest BCUT2D eigenvalue weighted by atomic mass is 9.70. The van der Waals surface area contributed by atoms with Gasteiger partial charge in [0.1, 0.15) is 0 Å². The van der Waals surface area contributed by atoms with Crippen molar-refractivity contribution in [2.75, 3.05) is 6.54 Å². The largest absolute Gasteiger partial charge is 0.395 e. The van der Waals surface area contributed by atoms with Gasteiger partial charge in [-0.2, -0.15) is 0 Å². The van der Waals surface area contributed by atoms with Crippen molar-refractivity contribution >= 4 is 13.0 Å². The van der Waals surface area contributed by atoms with E-state index in [4.69, 9.17) is 11.5 Å². The highest BCUT2D eigenvalue weighted by Gasteiger charge is 2.05. The third-order valence-electron chi connectivity index (χ3n) is 1.08. The van der Waals surface area contributed by atoms with E-state index in [0.717, 1.165) is 12.8 Å². The molecule has 1 aliphatic rings. The highest BCUT2D eigenvalue weighted by molar-refractivity contribution is 6.81. The average molecular weight is 109 g/mol. The summed E-state index contributed by atoms with van der Waals surface area (Å²) in [7, 11) is 0.760. The van der Waals surface area contributed by atoms with Gasteiger partial charge in [0.15, 0.2) is 0 Å². The van der Waals surface area contributed by atoms with E-state index in [1.807, 2.05) is 0 Å². The molecule has 1 rings (SSSR count). The van der Waals surface area contributed by atoms with Crippen molar-refractivity contribution in [2.45, 2.75) is 0 Å². The minimum absolute atomic E-state index is 0.574. The molecule has 0 aliphatic carbocycles. The Balaban J connectivity index is 2.49. The predicted molar refractivity (Wildman–Crippen MR) is 35.9 cm³/mol. The predicted octanol–water partition coefficient (Wildman–Crippen LogP) is -1.45. The van der Waals surface area contributed by atoms with Crippen LogP contribution in [0.3, 0.4) is 0 Å². The zero-order valence-electron chi connectivity index (χ0n) is 4.59. The van der Waals surface area contributed by atoms with Gasteiger partial charge in [-0.3, -0.25) is 4.99 Å². The second-order valence-electron chi connectivity index (χ2n) is 1.79. The topological polar surface area (TPSA) is 64.4 Å². The number of aliphatic imine (C=N–C) groups is 1.